The molecule has 0 radical (unpaired) electrons. The molecular weight excluding hydrogens is 298 g/mol. The van der Waals surface area contributed by atoms with Gasteiger partial charge in [0.15, 0.2) is 0 Å². The standard InChI is InChI=1S/C20H21N3O/c1-3-13(2)23-19(16-12-21-17-10-6-4-8-14(16)17)22-18-11-7-5-9-15(18)20(23)24/h4-13,19,21-22H,3H2,1-2H3. The summed E-state index contributed by atoms with van der Waals surface area (Å²) >= 11 is 0. The highest BCUT2D eigenvalue weighted by molar-refractivity contribution is 6.02. The first kappa shape index (κ1) is 14.8. The summed E-state index contributed by atoms with van der Waals surface area (Å²) < 4.78 is 0. The van der Waals surface area contributed by atoms with Gasteiger partial charge in [-0.1, -0.05) is 37.3 Å². The fourth-order valence-electron chi connectivity index (χ4n) is 3.47. The molecule has 1 amide bonds. The van der Waals surface area contributed by atoms with Crippen LogP contribution in [0.4, 0.5) is 5.69 Å². The number of rotatable bonds is 3. The van der Waals surface area contributed by atoms with Crippen LogP contribution in [-0.4, -0.2) is 21.8 Å². The third-order valence-electron chi connectivity index (χ3n) is 4.94. The molecule has 0 saturated carbocycles. The second-order valence-electron chi connectivity index (χ2n) is 6.35. The van der Waals surface area contributed by atoms with Gasteiger partial charge in [0.25, 0.3) is 5.91 Å². The minimum atomic E-state index is -0.168. The summed E-state index contributed by atoms with van der Waals surface area (Å²) in [6, 6.07) is 16.1. The van der Waals surface area contributed by atoms with E-state index in [0.29, 0.717) is 0 Å². The molecule has 1 aliphatic rings. The number of benzene rings is 2. The number of para-hydroxylation sites is 2. The summed E-state index contributed by atoms with van der Waals surface area (Å²) in [6.07, 6.45) is 2.76. The molecule has 0 bridgehead atoms. The van der Waals surface area contributed by atoms with E-state index in [0.717, 1.165) is 34.1 Å². The van der Waals surface area contributed by atoms with Gasteiger partial charge in [0.2, 0.25) is 0 Å². The van der Waals surface area contributed by atoms with Gasteiger partial charge in [-0.2, -0.15) is 0 Å². The molecule has 3 aromatic rings. The Balaban J connectivity index is 1.87. The van der Waals surface area contributed by atoms with Crippen molar-refractivity contribution in [3.05, 3.63) is 65.9 Å². The quantitative estimate of drug-likeness (QED) is 0.745. The number of carbonyl (C=O) groups is 1. The van der Waals surface area contributed by atoms with Crippen molar-refractivity contribution in [3.63, 3.8) is 0 Å². The summed E-state index contributed by atoms with van der Waals surface area (Å²) in [5.74, 6) is 0.0916. The molecule has 0 fully saturated rings. The lowest BCUT2D eigenvalue weighted by Crippen LogP contribution is -2.47. The van der Waals surface area contributed by atoms with Gasteiger partial charge in [-0.05, 0) is 31.5 Å². The maximum atomic E-state index is 13.1. The van der Waals surface area contributed by atoms with E-state index in [4.69, 9.17) is 0 Å². The van der Waals surface area contributed by atoms with Crippen LogP contribution < -0.4 is 5.32 Å². The maximum absolute atomic E-state index is 13.1. The molecule has 2 unspecified atom stereocenters. The summed E-state index contributed by atoms with van der Waals surface area (Å²) in [5, 5.41) is 4.72. The van der Waals surface area contributed by atoms with Gasteiger partial charge in [-0.25, -0.2) is 0 Å². The lowest BCUT2D eigenvalue weighted by atomic mass is 10.0. The minimum absolute atomic E-state index is 0.0916. The molecule has 122 valence electrons. The van der Waals surface area contributed by atoms with Gasteiger partial charge in [0.05, 0.1) is 5.56 Å². The lowest BCUT2D eigenvalue weighted by molar-refractivity contribution is 0.0595. The van der Waals surface area contributed by atoms with E-state index in [-0.39, 0.29) is 18.1 Å². The van der Waals surface area contributed by atoms with E-state index in [1.807, 2.05) is 47.5 Å². The molecule has 0 saturated heterocycles. The average Bonchev–Trinajstić information content (AvgIpc) is 3.05. The molecule has 2 N–H and O–H groups in total. The van der Waals surface area contributed by atoms with Crippen molar-refractivity contribution in [1.29, 1.82) is 0 Å². The molecular formula is C20H21N3O. The molecule has 1 aromatic heterocycles. The second kappa shape index (κ2) is 5.71. The minimum Gasteiger partial charge on any atom is -0.361 e. The zero-order chi connectivity index (χ0) is 16.7. The number of aromatic amines is 1. The van der Waals surface area contributed by atoms with Gasteiger partial charge in [0, 0.05) is 34.4 Å². The predicted octanol–water partition coefficient (Wildman–Crippen LogP) is 4.53. The van der Waals surface area contributed by atoms with Gasteiger partial charge in [-0.3, -0.25) is 4.79 Å². The Bertz CT molecular complexity index is 899. The third-order valence-corrected chi connectivity index (χ3v) is 4.94. The van der Waals surface area contributed by atoms with Crippen LogP contribution in [0.2, 0.25) is 0 Å². The SMILES string of the molecule is CCC(C)N1C(=O)c2ccccc2NC1c1c[nH]c2ccccc12. The van der Waals surface area contributed by atoms with E-state index in [1.165, 1.54) is 0 Å². The van der Waals surface area contributed by atoms with Crippen molar-refractivity contribution in [1.82, 2.24) is 9.88 Å². The van der Waals surface area contributed by atoms with Crippen molar-refractivity contribution >= 4 is 22.5 Å². The number of hydrogen-bond donors (Lipinski definition) is 2. The van der Waals surface area contributed by atoms with Crippen LogP contribution in [0.5, 0.6) is 0 Å². The zero-order valence-corrected chi connectivity index (χ0v) is 13.9. The molecule has 4 nitrogen and oxygen atoms in total. The Hall–Kier alpha value is -2.75. The topological polar surface area (TPSA) is 48.1 Å². The maximum Gasteiger partial charge on any atom is 0.258 e. The van der Waals surface area contributed by atoms with Crippen molar-refractivity contribution in [2.24, 2.45) is 0 Å². The lowest BCUT2D eigenvalue weighted by Gasteiger charge is -2.41. The fraction of sp³-hybridized carbons (Fsp3) is 0.250. The zero-order valence-electron chi connectivity index (χ0n) is 13.9. The predicted molar refractivity (Wildman–Crippen MR) is 97.0 cm³/mol. The van der Waals surface area contributed by atoms with Crippen molar-refractivity contribution in [2.75, 3.05) is 5.32 Å². The van der Waals surface area contributed by atoms with Crippen LogP contribution in [0.15, 0.2) is 54.7 Å². The van der Waals surface area contributed by atoms with Crippen molar-refractivity contribution in [3.8, 4) is 0 Å². The van der Waals surface area contributed by atoms with Gasteiger partial charge in [0.1, 0.15) is 6.17 Å². The molecule has 0 aliphatic carbocycles. The molecule has 2 atom stereocenters. The first-order valence-corrected chi connectivity index (χ1v) is 8.45. The summed E-state index contributed by atoms with van der Waals surface area (Å²) in [7, 11) is 0. The van der Waals surface area contributed by atoms with E-state index in [1.54, 1.807) is 0 Å². The van der Waals surface area contributed by atoms with Crippen LogP contribution in [0.3, 0.4) is 0 Å². The van der Waals surface area contributed by atoms with Crippen LogP contribution in [0, 0.1) is 0 Å². The first-order valence-electron chi connectivity index (χ1n) is 8.45. The summed E-state index contributed by atoms with van der Waals surface area (Å²) in [6.45, 7) is 4.22. The van der Waals surface area contributed by atoms with Gasteiger partial charge >= 0.3 is 0 Å². The first-order chi connectivity index (χ1) is 11.7. The van der Waals surface area contributed by atoms with Crippen LogP contribution in [0.1, 0.15) is 42.4 Å². The van der Waals surface area contributed by atoms with E-state index in [2.05, 4.69) is 36.3 Å². The Morgan fingerprint density at radius 1 is 1.12 bits per heavy atom. The molecule has 1 aliphatic heterocycles. The molecule has 4 heteroatoms. The second-order valence-corrected chi connectivity index (χ2v) is 6.35. The number of fused-ring (bicyclic) bond motifs is 2. The van der Waals surface area contributed by atoms with Gasteiger partial charge in [-0.15, -0.1) is 0 Å². The highest BCUT2D eigenvalue weighted by Crippen LogP contribution is 2.37. The largest absolute Gasteiger partial charge is 0.361 e. The fourth-order valence-corrected chi connectivity index (χ4v) is 3.47. The van der Waals surface area contributed by atoms with E-state index >= 15 is 0 Å². The Labute approximate surface area is 141 Å². The number of amides is 1. The summed E-state index contributed by atoms with van der Waals surface area (Å²) in [4.78, 5) is 18.4. The third kappa shape index (κ3) is 2.18. The van der Waals surface area contributed by atoms with Crippen LogP contribution >= 0.6 is 0 Å². The van der Waals surface area contributed by atoms with E-state index < -0.39 is 0 Å². The molecule has 0 spiro atoms. The van der Waals surface area contributed by atoms with Crippen molar-refractivity contribution in [2.45, 2.75) is 32.5 Å². The number of nitrogens with one attached hydrogen (secondary N) is 2. The summed E-state index contributed by atoms with van der Waals surface area (Å²) in [5.41, 5.74) is 3.84. The monoisotopic (exact) mass is 319 g/mol. The molecule has 4 rings (SSSR count). The van der Waals surface area contributed by atoms with Crippen molar-refractivity contribution < 1.29 is 4.79 Å². The number of anilines is 1. The molecule has 2 aromatic carbocycles. The number of nitrogens with zero attached hydrogens (tertiary/aromatic N) is 1. The highest BCUT2D eigenvalue weighted by Gasteiger charge is 2.36. The van der Waals surface area contributed by atoms with E-state index in [9.17, 15) is 4.79 Å². The van der Waals surface area contributed by atoms with Gasteiger partial charge < -0.3 is 15.2 Å². The smallest absolute Gasteiger partial charge is 0.258 e. The normalized spacial score (nSPS) is 18.3. The Kier molecular flexibility index (Phi) is 3.53. The number of aromatic nitrogens is 1. The Morgan fingerprint density at radius 2 is 1.88 bits per heavy atom. The highest BCUT2D eigenvalue weighted by atomic mass is 16.2. The van der Waals surface area contributed by atoms with Crippen LogP contribution in [-0.2, 0) is 0 Å². The molecule has 24 heavy (non-hydrogen) atoms. The van der Waals surface area contributed by atoms with Crippen LogP contribution in [0.25, 0.3) is 10.9 Å². The number of carbonyl (C=O) groups excluding carboxylic acids is 1. The molecule has 2 heterocycles. The number of H-pyrrole nitrogens is 1. The average molecular weight is 319 g/mol. The number of hydrogen-bond acceptors (Lipinski definition) is 2. The Morgan fingerprint density at radius 3 is 2.71 bits per heavy atom.